The summed E-state index contributed by atoms with van der Waals surface area (Å²) in [6.07, 6.45) is 0.104. The van der Waals surface area contributed by atoms with Crippen LogP contribution in [0.5, 0.6) is 0 Å². The van der Waals surface area contributed by atoms with E-state index < -0.39 is 0 Å². The molecule has 5 nitrogen and oxygen atoms in total. The number of hydrogen-bond acceptors (Lipinski definition) is 4. The van der Waals surface area contributed by atoms with Crippen molar-refractivity contribution in [2.75, 3.05) is 52.4 Å². The van der Waals surface area contributed by atoms with Crippen molar-refractivity contribution in [2.45, 2.75) is 33.8 Å². The number of morpholine rings is 1. The Kier molecular flexibility index (Phi) is 8.68. The van der Waals surface area contributed by atoms with E-state index in [4.69, 9.17) is 4.74 Å². The van der Waals surface area contributed by atoms with E-state index in [1.807, 2.05) is 6.92 Å². The summed E-state index contributed by atoms with van der Waals surface area (Å²) in [6, 6.07) is 0. The van der Waals surface area contributed by atoms with Crippen LogP contribution >= 0.6 is 0 Å². The Morgan fingerprint density at radius 3 is 2.77 bits per heavy atom. The van der Waals surface area contributed by atoms with Gasteiger partial charge in [0.25, 0.3) is 0 Å². The number of amides is 1. The molecular weight excluding hydrogens is 278 g/mol. The molecule has 1 N–H and O–H groups in total. The Morgan fingerprint density at radius 2 is 2.18 bits per heavy atom. The van der Waals surface area contributed by atoms with Crippen LogP contribution in [0.1, 0.15) is 27.7 Å². The Hall–Kier alpha value is -0.910. The smallest absolute Gasteiger partial charge is 0.234 e. The normalized spacial score (nSPS) is 19.6. The molecule has 1 fully saturated rings. The average molecular weight is 311 g/mol. The molecule has 1 aliphatic heterocycles. The van der Waals surface area contributed by atoms with E-state index in [1.54, 1.807) is 0 Å². The molecule has 0 aliphatic carbocycles. The van der Waals surface area contributed by atoms with Gasteiger partial charge in [-0.2, -0.15) is 0 Å². The molecule has 0 aromatic rings. The number of rotatable bonds is 9. The minimum atomic E-state index is 0.0627. The summed E-state index contributed by atoms with van der Waals surface area (Å²) in [7, 11) is 0. The Morgan fingerprint density at radius 1 is 1.45 bits per heavy atom. The highest BCUT2D eigenvalue weighted by Crippen LogP contribution is 2.07. The minimum Gasteiger partial charge on any atom is -0.374 e. The second-order valence-electron chi connectivity index (χ2n) is 6.71. The van der Waals surface area contributed by atoms with Crippen molar-refractivity contribution in [1.29, 1.82) is 0 Å². The van der Waals surface area contributed by atoms with Gasteiger partial charge in [-0.25, -0.2) is 0 Å². The van der Waals surface area contributed by atoms with Gasteiger partial charge in [0.1, 0.15) is 0 Å². The van der Waals surface area contributed by atoms with E-state index in [-0.39, 0.29) is 12.0 Å². The maximum absolute atomic E-state index is 12.0. The number of likely N-dealkylation sites (N-methyl/N-ethyl adjacent to an activating group) is 1. The molecule has 1 heterocycles. The summed E-state index contributed by atoms with van der Waals surface area (Å²) in [5, 5.41) is 3.00. The third-order valence-electron chi connectivity index (χ3n) is 3.68. The van der Waals surface area contributed by atoms with Gasteiger partial charge >= 0.3 is 0 Å². The van der Waals surface area contributed by atoms with Crippen LogP contribution < -0.4 is 5.32 Å². The van der Waals surface area contributed by atoms with Crippen molar-refractivity contribution in [3.8, 4) is 0 Å². The van der Waals surface area contributed by atoms with Crippen LogP contribution in [0.2, 0.25) is 0 Å². The van der Waals surface area contributed by atoms with Gasteiger partial charge < -0.3 is 10.1 Å². The zero-order valence-corrected chi connectivity index (χ0v) is 14.7. The van der Waals surface area contributed by atoms with Gasteiger partial charge in [0, 0.05) is 32.7 Å². The molecule has 0 aromatic carbocycles. The van der Waals surface area contributed by atoms with Crippen molar-refractivity contribution < 1.29 is 9.53 Å². The molecule has 0 aromatic heterocycles. The molecule has 1 unspecified atom stereocenters. The quantitative estimate of drug-likeness (QED) is 0.653. The fraction of sp³-hybridized carbons (Fsp3) is 0.824. The van der Waals surface area contributed by atoms with Crippen LogP contribution in [0.25, 0.3) is 0 Å². The summed E-state index contributed by atoms with van der Waals surface area (Å²) in [4.78, 5) is 16.6. The summed E-state index contributed by atoms with van der Waals surface area (Å²) >= 11 is 0. The summed E-state index contributed by atoms with van der Waals surface area (Å²) < 4.78 is 5.75. The lowest BCUT2D eigenvalue weighted by Crippen LogP contribution is -2.49. The largest absolute Gasteiger partial charge is 0.374 e. The van der Waals surface area contributed by atoms with Gasteiger partial charge in [-0.3, -0.25) is 14.6 Å². The first kappa shape index (κ1) is 19.1. The Balaban J connectivity index is 2.29. The lowest BCUT2D eigenvalue weighted by atomic mass is 10.2. The van der Waals surface area contributed by atoms with Crippen molar-refractivity contribution in [2.24, 2.45) is 5.92 Å². The topological polar surface area (TPSA) is 44.8 Å². The average Bonchev–Trinajstić information content (AvgIpc) is 2.43. The van der Waals surface area contributed by atoms with E-state index in [0.717, 1.165) is 44.9 Å². The Labute approximate surface area is 135 Å². The van der Waals surface area contributed by atoms with Crippen molar-refractivity contribution in [3.63, 3.8) is 0 Å². The molecule has 1 rings (SSSR count). The predicted octanol–water partition coefficient (Wildman–Crippen LogP) is 1.36. The predicted molar refractivity (Wildman–Crippen MR) is 91.0 cm³/mol. The van der Waals surface area contributed by atoms with Gasteiger partial charge in [0.05, 0.1) is 19.3 Å². The number of hydrogen-bond donors (Lipinski definition) is 1. The molecule has 1 atom stereocenters. The standard InChI is InChI=1S/C17H33N3O2/c1-6-19(10-14(2)3)13-17(21)18-9-16-12-20(7-8-22-16)11-15(4)5/h15-16H,2,6-13H2,1,3-5H3,(H,18,21). The van der Waals surface area contributed by atoms with E-state index in [0.29, 0.717) is 19.0 Å². The summed E-state index contributed by atoms with van der Waals surface area (Å²) in [5.41, 5.74) is 1.08. The first-order valence-corrected chi connectivity index (χ1v) is 8.38. The molecule has 1 amide bonds. The van der Waals surface area contributed by atoms with Gasteiger partial charge in [-0.15, -0.1) is 0 Å². The second-order valence-corrected chi connectivity index (χ2v) is 6.71. The number of nitrogens with zero attached hydrogens (tertiary/aromatic N) is 2. The van der Waals surface area contributed by atoms with Crippen LogP contribution in [0.3, 0.4) is 0 Å². The third-order valence-corrected chi connectivity index (χ3v) is 3.68. The molecule has 0 radical (unpaired) electrons. The van der Waals surface area contributed by atoms with Crippen LogP contribution in [0.15, 0.2) is 12.2 Å². The molecule has 1 saturated heterocycles. The molecule has 5 heteroatoms. The maximum atomic E-state index is 12.0. The number of ether oxygens (including phenoxy) is 1. The summed E-state index contributed by atoms with van der Waals surface area (Å²) in [5.74, 6) is 0.723. The molecule has 0 bridgehead atoms. The monoisotopic (exact) mass is 311 g/mol. The lowest BCUT2D eigenvalue weighted by molar-refractivity contribution is -0.123. The molecule has 0 spiro atoms. The number of carbonyl (C=O) groups is 1. The van der Waals surface area contributed by atoms with Gasteiger partial charge in [0.2, 0.25) is 5.91 Å². The number of nitrogens with one attached hydrogen (secondary N) is 1. The third kappa shape index (κ3) is 7.92. The lowest BCUT2D eigenvalue weighted by Gasteiger charge is -2.34. The van der Waals surface area contributed by atoms with Crippen LogP contribution in [-0.2, 0) is 9.53 Å². The fourth-order valence-corrected chi connectivity index (χ4v) is 2.73. The highest BCUT2D eigenvalue weighted by molar-refractivity contribution is 5.78. The van der Waals surface area contributed by atoms with E-state index >= 15 is 0 Å². The maximum Gasteiger partial charge on any atom is 0.234 e. The van der Waals surface area contributed by atoms with Crippen molar-refractivity contribution in [1.82, 2.24) is 15.1 Å². The van der Waals surface area contributed by atoms with Crippen molar-refractivity contribution >= 4 is 5.91 Å². The molecule has 1 aliphatic rings. The van der Waals surface area contributed by atoms with Crippen LogP contribution in [0, 0.1) is 5.92 Å². The highest BCUT2D eigenvalue weighted by atomic mass is 16.5. The van der Waals surface area contributed by atoms with E-state index in [2.05, 4.69) is 42.5 Å². The fourth-order valence-electron chi connectivity index (χ4n) is 2.73. The number of carbonyl (C=O) groups excluding carboxylic acids is 1. The first-order valence-electron chi connectivity index (χ1n) is 8.38. The summed E-state index contributed by atoms with van der Waals surface area (Å²) in [6.45, 7) is 18.8. The molecule has 128 valence electrons. The van der Waals surface area contributed by atoms with Gasteiger partial charge in [0.15, 0.2) is 0 Å². The van der Waals surface area contributed by atoms with E-state index in [9.17, 15) is 4.79 Å². The zero-order valence-electron chi connectivity index (χ0n) is 14.7. The highest BCUT2D eigenvalue weighted by Gasteiger charge is 2.21. The first-order chi connectivity index (χ1) is 10.4. The van der Waals surface area contributed by atoms with E-state index in [1.165, 1.54) is 0 Å². The van der Waals surface area contributed by atoms with Gasteiger partial charge in [-0.05, 0) is 19.4 Å². The van der Waals surface area contributed by atoms with Gasteiger partial charge in [-0.1, -0.05) is 32.9 Å². The van der Waals surface area contributed by atoms with Crippen LogP contribution in [0.4, 0.5) is 0 Å². The minimum absolute atomic E-state index is 0.0627. The molecular formula is C17H33N3O2. The SMILES string of the molecule is C=C(C)CN(CC)CC(=O)NCC1CN(CC(C)C)CCO1. The zero-order chi connectivity index (χ0) is 16.5. The Bertz CT molecular complexity index is 358. The van der Waals surface area contributed by atoms with Crippen molar-refractivity contribution in [3.05, 3.63) is 12.2 Å². The molecule has 22 heavy (non-hydrogen) atoms. The van der Waals surface area contributed by atoms with Crippen LogP contribution in [-0.4, -0.2) is 74.2 Å². The second kappa shape index (κ2) is 9.98. The molecule has 0 saturated carbocycles.